The first-order valence-electron chi connectivity index (χ1n) is 16.0. The summed E-state index contributed by atoms with van der Waals surface area (Å²) in [6, 6.07) is 15.2. The number of carbonyl (C=O) groups excluding carboxylic acids is 1. The normalized spacial score (nSPS) is 22.5. The van der Waals surface area contributed by atoms with Gasteiger partial charge in [-0.25, -0.2) is 4.79 Å². The maximum atomic E-state index is 13.8. The predicted octanol–water partition coefficient (Wildman–Crippen LogP) is 6.15. The van der Waals surface area contributed by atoms with Crippen LogP contribution in [0.2, 0.25) is 0 Å². The highest BCUT2D eigenvalue weighted by Gasteiger charge is 2.46. The molecular formula is C35H51N3O6S. The van der Waals surface area contributed by atoms with E-state index in [-0.39, 0.29) is 19.3 Å². The lowest BCUT2D eigenvalue weighted by Gasteiger charge is -2.37. The van der Waals surface area contributed by atoms with Crippen LogP contribution in [0.25, 0.3) is 0 Å². The van der Waals surface area contributed by atoms with Gasteiger partial charge in [-0.3, -0.25) is 0 Å². The van der Waals surface area contributed by atoms with Gasteiger partial charge in [-0.15, -0.1) is 6.58 Å². The molecule has 0 unspecified atom stereocenters. The van der Waals surface area contributed by atoms with Gasteiger partial charge in [0.05, 0.1) is 31.9 Å². The van der Waals surface area contributed by atoms with Crippen LogP contribution >= 0.6 is 0 Å². The number of methoxy groups -OCH3 is 1. The van der Waals surface area contributed by atoms with Crippen molar-refractivity contribution in [2.45, 2.75) is 95.5 Å². The van der Waals surface area contributed by atoms with Crippen LogP contribution < -0.4 is 4.74 Å². The van der Waals surface area contributed by atoms with Crippen molar-refractivity contribution in [1.29, 1.82) is 0 Å². The minimum Gasteiger partial charge on any atom is -0.497 e. The van der Waals surface area contributed by atoms with Crippen LogP contribution in [0.5, 0.6) is 5.75 Å². The van der Waals surface area contributed by atoms with Crippen LogP contribution in [-0.2, 0) is 32.6 Å². The molecular weight excluding hydrogens is 590 g/mol. The first-order chi connectivity index (χ1) is 21.3. The highest BCUT2D eigenvalue weighted by Crippen LogP contribution is 2.36. The lowest BCUT2D eigenvalue weighted by molar-refractivity contribution is -0.0236. The van der Waals surface area contributed by atoms with E-state index in [0.29, 0.717) is 24.6 Å². The number of likely N-dealkylation sites (tertiary alicyclic amines) is 1. The zero-order valence-electron chi connectivity index (χ0n) is 27.8. The minimum absolute atomic E-state index is 0.0415. The molecule has 0 spiro atoms. The summed E-state index contributed by atoms with van der Waals surface area (Å²) >= 11 is 0. The fraction of sp³-hybridized carbons (Fsp3) is 0.571. The fourth-order valence-corrected chi connectivity index (χ4v) is 7.67. The van der Waals surface area contributed by atoms with Crippen LogP contribution in [0.4, 0.5) is 4.79 Å². The molecule has 1 saturated carbocycles. The fourth-order valence-electron chi connectivity index (χ4n) is 6.35. The van der Waals surface area contributed by atoms with Crippen molar-refractivity contribution in [2.24, 2.45) is 0 Å². The van der Waals surface area contributed by atoms with E-state index < -0.39 is 34.0 Å². The monoisotopic (exact) mass is 641 g/mol. The molecule has 1 heterocycles. The third-order valence-electron chi connectivity index (χ3n) is 8.74. The van der Waals surface area contributed by atoms with Crippen molar-refractivity contribution in [3.8, 4) is 5.75 Å². The van der Waals surface area contributed by atoms with E-state index in [0.717, 1.165) is 37.7 Å². The first-order valence-corrected chi connectivity index (χ1v) is 17.3. The highest BCUT2D eigenvalue weighted by atomic mass is 32.2. The van der Waals surface area contributed by atoms with E-state index in [9.17, 15) is 13.2 Å². The molecule has 0 bridgehead atoms. The molecule has 2 aliphatic rings. The first kappa shape index (κ1) is 34.9. The summed E-state index contributed by atoms with van der Waals surface area (Å²) < 4.78 is 47.9. The van der Waals surface area contributed by atoms with Gasteiger partial charge in [0.1, 0.15) is 11.4 Å². The van der Waals surface area contributed by atoms with E-state index in [4.69, 9.17) is 14.2 Å². The summed E-state index contributed by atoms with van der Waals surface area (Å²) in [6.07, 6.45) is 6.72. The minimum atomic E-state index is -3.85. The molecule has 1 aliphatic heterocycles. The number of amides is 1. The molecule has 0 aromatic heterocycles. The van der Waals surface area contributed by atoms with E-state index in [1.807, 2.05) is 51.1 Å². The zero-order valence-corrected chi connectivity index (χ0v) is 28.6. The van der Waals surface area contributed by atoms with Gasteiger partial charge in [0.25, 0.3) is 10.2 Å². The standard InChI is InChI=1S/C35H51N3O6S/c1-8-10-26-11-9-12-29(23-26)28-15-19-31(20-16-28)43-25-33-32(21-22-37(33)34(39)44-35(2,3)4)38(45(40,41)36(5)6)24-27-13-17-30(42-7)18-14-27/h8-9,11-14,17-18,23,28,31-33H,1,10,15-16,19-22,24-25H2,2-7H3/t28?,31?,32-,33-/m0/s1. The summed E-state index contributed by atoms with van der Waals surface area (Å²) in [7, 11) is 0.822. The lowest BCUT2D eigenvalue weighted by Crippen LogP contribution is -2.54. The molecule has 4 rings (SSSR count). The molecule has 9 nitrogen and oxygen atoms in total. The maximum absolute atomic E-state index is 13.8. The molecule has 2 aromatic rings. The summed E-state index contributed by atoms with van der Waals surface area (Å²) in [5.74, 6) is 1.18. The van der Waals surface area contributed by atoms with Crippen LogP contribution in [0, 0.1) is 0 Å². The largest absolute Gasteiger partial charge is 0.497 e. The second-order valence-electron chi connectivity index (χ2n) is 13.3. The van der Waals surface area contributed by atoms with Crippen molar-refractivity contribution in [3.63, 3.8) is 0 Å². The molecule has 248 valence electrons. The summed E-state index contributed by atoms with van der Waals surface area (Å²) in [5.41, 5.74) is 2.79. The maximum Gasteiger partial charge on any atom is 0.410 e. The Bertz CT molecular complexity index is 1380. The second kappa shape index (κ2) is 15.1. The Balaban J connectivity index is 1.53. The molecule has 1 saturated heterocycles. The number of allylic oxidation sites excluding steroid dienone is 1. The van der Waals surface area contributed by atoms with Crippen LogP contribution in [0.15, 0.2) is 61.2 Å². The van der Waals surface area contributed by atoms with Gasteiger partial charge in [0, 0.05) is 27.2 Å². The molecule has 2 atom stereocenters. The number of rotatable bonds is 12. The topological polar surface area (TPSA) is 88.6 Å². The highest BCUT2D eigenvalue weighted by molar-refractivity contribution is 7.86. The predicted molar refractivity (Wildman–Crippen MR) is 178 cm³/mol. The third kappa shape index (κ3) is 9.09. The lowest BCUT2D eigenvalue weighted by atomic mass is 9.82. The quantitative estimate of drug-likeness (QED) is 0.258. The van der Waals surface area contributed by atoms with Gasteiger partial charge < -0.3 is 19.1 Å². The Labute approximate surface area is 270 Å². The van der Waals surface area contributed by atoms with Gasteiger partial charge in [0.15, 0.2) is 0 Å². The van der Waals surface area contributed by atoms with Gasteiger partial charge in [-0.05, 0) is 94.0 Å². The zero-order chi connectivity index (χ0) is 32.8. The Morgan fingerprint density at radius 1 is 1.02 bits per heavy atom. The molecule has 2 fully saturated rings. The average Bonchev–Trinajstić information content (AvgIpc) is 3.42. The van der Waals surface area contributed by atoms with Crippen molar-refractivity contribution in [2.75, 3.05) is 34.4 Å². The van der Waals surface area contributed by atoms with Crippen LogP contribution in [-0.4, -0.2) is 86.2 Å². The molecule has 0 radical (unpaired) electrons. The van der Waals surface area contributed by atoms with Crippen molar-refractivity contribution < 1.29 is 27.4 Å². The summed E-state index contributed by atoms with van der Waals surface area (Å²) in [5, 5.41) is 0. The average molecular weight is 642 g/mol. The number of carbonyl (C=O) groups is 1. The Morgan fingerprint density at radius 2 is 1.71 bits per heavy atom. The van der Waals surface area contributed by atoms with Crippen molar-refractivity contribution >= 4 is 16.3 Å². The SMILES string of the molecule is C=CCc1cccc(C2CCC(OC[C@H]3[C@@H](N(Cc4ccc(OC)cc4)S(=O)(=O)N(C)C)CCN3C(=O)OC(C)(C)C)CC2)c1. The number of nitrogens with zero attached hydrogens (tertiary/aromatic N) is 3. The van der Waals surface area contributed by atoms with Gasteiger partial charge in [0.2, 0.25) is 0 Å². The molecule has 2 aromatic carbocycles. The number of hydrogen-bond donors (Lipinski definition) is 0. The summed E-state index contributed by atoms with van der Waals surface area (Å²) in [6.45, 7) is 10.1. The molecule has 45 heavy (non-hydrogen) atoms. The van der Waals surface area contributed by atoms with Gasteiger partial charge in [-0.2, -0.15) is 17.0 Å². The van der Waals surface area contributed by atoms with E-state index in [2.05, 4.69) is 30.8 Å². The third-order valence-corrected chi connectivity index (χ3v) is 10.7. The van der Waals surface area contributed by atoms with E-state index >= 15 is 0 Å². The number of hydrogen-bond acceptors (Lipinski definition) is 6. The van der Waals surface area contributed by atoms with Crippen molar-refractivity contribution in [3.05, 3.63) is 77.9 Å². The smallest absolute Gasteiger partial charge is 0.410 e. The van der Waals surface area contributed by atoms with Crippen molar-refractivity contribution in [1.82, 2.24) is 13.5 Å². The number of ether oxygens (including phenoxy) is 3. The van der Waals surface area contributed by atoms with Gasteiger partial charge >= 0.3 is 6.09 Å². The molecule has 10 heteroatoms. The van der Waals surface area contributed by atoms with Gasteiger partial charge in [-0.1, -0.05) is 42.5 Å². The summed E-state index contributed by atoms with van der Waals surface area (Å²) in [4.78, 5) is 15.1. The van der Waals surface area contributed by atoms with E-state index in [1.165, 1.54) is 33.8 Å². The molecule has 1 aliphatic carbocycles. The Kier molecular flexibility index (Phi) is 11.7. The van der Waals surface area contributed by atoms with Crippen LogP contribution in [0.1, 0.15) is 75.5 Å². The Morgan fingerprint density at radius 3 is 2.31 bits per heavy atom. The van der Waals surface area contributed by atoms with E-state index in [1.54, 1.807) is 12.0 Å². The Hall–Kier alpha value is -2.92. The van der Waals surface area contributed by atoms with Crippen LogP contribution in [0.3, 0.4) is 0 Å². The molecule has 1 amide bonds. The number of benzene rings is 2. The second-order valence-corrected chi connectivity index (χ2v) is 15.4. The molecule has 0 N–H and O–H groups in total.